The van der Waals surface area contributed by atoms with Crippen LogP contribution in [0.4, 0.5) is 4.39 Å². The van der Waals surface area contributed by atoms with Gasteiger partial charge < -0.3 is 15.6 Å². The van der Waals surface area contributed by atoms with Gasteiger partial charge in [-0.1, -0.05) is 6.07 Å². The Labute approximate surface area is 88.7 Å². The maximum atomic E-state index is 13.3. The van der Waals surface area contributed by atoms with E-state index in [4.69, 9.17) is 15.6 Å². The summed E-state index contributed by atoms with van der Waals surface area (Å²) in [6.45, 7) is 1.58. The van der Waals surface area contributed by atoms with Gasteiger partial charge in [-0.15, -0.1) is 0 Å². The minimum atomic E-state index is -0.721. The fourth-order valence-corrected chi connectivity index (χ4v) is 1.34. The van der Waals surface area contributed by atoms with Crippen molar-refractivity contribution in [2.75, 3.05) is 13.7 Å². The van der Waals surface area contributed by atoms with Crippen molar-refractivity contribution in [3.63, 3.8) is 0 Å². The number of ether oxygens (including phenoxy) is 1. The van der Waals surface area contributed by atoms with E-state index in [2.05, 4.69) is 0 Å². The Kier molecular flexibility index (Phi) is 3.66. The Morgan fingerprint density at radius 3 is 2.67 bits per heavy atom. The molecule has 0 aliphatic heterocycles. The standard InChI is InChI=1S/C11H16FNO2/c1-11(13,7-14)6-8-3-4-10(15-2)9(12)5-8/h3-5,14H,6-7,13H2,1-2H3. The van der Waals surface area contributed by atoms with Gasteiger partial charge in [-0.25, -0.2) is 4.39 Å². The number of benzene rings is 1. The maximum Gasteiger partial charge on any atom is 0.165 e. The van der Waals surface area contributed by atoms with E-state index in [0.717, 1.165) is 5.56 Å². The Morgan fingerprint density at radius 2 is 2.20 bits per heavy atom. The van der Waals surface area contributed by atoms with Gasteiger partial charge in [0.05, 0.1) is 13.7 Å². The summed E-state index contributed by atoms with van der Waals surface area (Å²) in [4.78, 5) is 0. The average molecular weight is 213 g/mol. The van der Waals surface area contributed by atoms with Crippen LogP contribution in [0.2, 0.25) is 0 Å². The van der Waals surface area contributed by atoms with E-state index in [9.17, 15) is 4.39 Å². The molecule has 84 valence electrons. The molecule has 0 saturated carbocycles. The minimum Gasteiger partial charge on any atom is -0.494 e. The largest absolute Gasteiger partial charge is 0.494 e. The fraction of sp³-hybridized carbons (Fsp3) is 0.455. The van der Waals surface area contributed by atoms with E-state index in [1.165, 1.54) is 13.2 Å². The molecule has 1 unspecified atom stereocenters. The number of methoxy groups -OCH3 is 1. The molecule has 0 heterocycles. The van der Waals surface area contributed by atoms with Crippen LogP contribution in [0.1, 0.15) is 12.5 Å². The molecule has 0 radical (unpaired) electrons. The molecule has 0 bridgehead atoms. The van der Waals surface area contributed by atoms with Crippen molar-refractivity contribution in [3.8, 4) is 5.75 Å². The van der Waals surface area contributed by atoms with Crippen LogP contribution in [0, 0.1) is 5.82 Å². The number of aliphatic hydroxyl groups is 1. The Balaban J connectivity index is 2.84. The second kappa shape index (κ2) is 4.59. The van der Waals surface area contributed by atoms with Crippen molar-refractivity contribution < 1.29 is 14.2 Å². The van der Waals surface area contributed by atoms with Crippen molar-refractivity contribution in [3.05, 3.63) is 29.6 Å². The summed E-state index contributed by atoms with van der Waals surface area (Å²) in [5, 5.41) is 8.98. The smallest absolute Gasteiger partial charge is 0.165 e. The zero-order chi connectivity index (χ0) is 11.5. The number of aliphatic hydroxyl groups excluding tert-OH is 1. The summed E-state index contributed by atoms with van der Waals surface area (Å²) in [5.74, 6) is -0.204. The van der Waals surface area contributed by atoms with E-state index in [-0.39, 0.29) is 12.4 Å². The van der Waals surface area contributed by atoms with Crippen LogP contribution >= 0.6 is 0 Å². The molecule has 0 aliphatic carbocycles. The van der Waals surface area contributed by atoms with Gasteiger partial charge in [-0.05, 0) is 31.0 Å². The SMILES string of the molecule is COc1ccc(CC(C)(N)CO)cc1F. The molecule has 0 fully saturated rings. The Morgan fingerprint density at radius 1 is 1.53 bits per heavy atom. The van der Waals surface area contributed by atoms with Gasteiger partial charge in [0.15, 0.2) is 11.6 Å². The number of hydrogen-bond acceptors (Lipinski definition) is 3. The van der Waals surface area contributed by atoms with E-state index >= 15 is 0 Å². The number of hydrogen-bond donors (Lipinski definition) is 2. The second-order valence-electron chi connectivity index (χ2n) is 3.96. The van der Waals surface area contributed by atoms with Crippen molar-refractivity contribution >= 4 is 0 Å². The number of rotatable bonds is 4. The van der Waals surface area contributed by atoms with E-state index in [0.29, 0.717) is 6.42 Å². The van der Waals surface area contributed by atoms with Crippen LogP contribution in [0.15, 0.2) is 18.2 Å². The van der Waals surface area contributed by atoms with Crippen LogP contribution in [0.25, 0.3) is 0 Å². The van der Waals surface area contributed by atoms with E-state index in [1.807, 2.05) is 0 Å². The normalized spacial score (nSPS) is 14.7. The highest BCUT2D eigenvalue weighted by Gasteiger charge is 2.18. The monoisotopic (exact) mass is 213 g/mol. The summed E-state index contributed by atoms with van der Waals surface area (Å²) in [5.41, 5.74) is 5.79. The first-order valence-electron chi connectivity index (χ1n) is 4.70. The first-order valence-corrected chi connectivity index (χ1v) is 4.70. The Bertz CT molecular complexity index is 339. The summed E-state index contributed by atoms with van der Waals surface area (Å²) >= 11 is 0. The zero-order valence-electron chi connectivity index (χ0n) is 8.96. The van der Waals surface area contributed by atoms with Crippen LogP contribution in [0.3, 0.4) is 0 Å². The second-order valence-corrected chi connectivity index (χ2v) is 3.96. The van der Waals surface area contributed by atoms with Gasteiger partial charge in [0.1, 0.15) is 0 Å². The lowest BCUT2D eigenvalue weighted by molar-refractivity contribution is 0.208. The molecule has 0 spiro atoms. The van der Waals surface area contributed by atoms with E-state index in [1.54, 1.807) is 19.1 Å². The molecular weight excluding hydrogens is 197 g/mol. The third kappa shape index (κ3) is 3.18. The summed E-state index contributed by atoms with van der Waals surface area (Å²) < 4.78 is 18.1. The molecule has 3 nitrogen and oxygen atoms in total. The highest BCUT2D eigenvalue weighted by molar-refractivity contribution is 5.30. The van der Waals surface area contributed by atoms with Crippen molar-refractivity contribution in [2.45, 2.75) is 18.9 Å². The van der Waals surface area contributed by atoms with Crippen molar-refractivity contribution in [1.29, 1.82) is 0 Å². The summed E-state index contributed by atoms with van der Waals surface area (Å²) in [7, 11) is 1.42. The lowest BCUT2D eigenvalue weighted by atomic mass is 9.95. The third-order valence-corrected chi connectivity index (χ3v) is 2.19. The van der Waals surface area contributed by atoms with Gasteiger partial charge in [-0.2, -0.15) is 0 Å². The molecule has 1 atom stereocenters. The number of halogens is 1. The van der Waals surface area contributed by atoms with Gasteiger partial charge in [0.25, 0.3) is 0 Å². The predicted octanol–water partition coefficient (Wildman–Crippen LogP) is 1.09. The minimum absolute atomic E-state index is 0.138. The molecule has 1 rings (SSSR count). The molecule has 0 amide bonds. The topological polar surface area (TPSA) is 55.5 Å². The third-order valence-electron chi connectivity index (χ3n) is 2.19. The van der Waals surface area contributed by atoms with Crippen molar-refractivity contribution in [2.24, 2.45) is 5.73 Å². The molecule has 1 aromatic rings. The van der Waals surface area contributed by atoms with Crippen LogP contribution in [-0.4, -0.2) is 24.4 Å². The van der Waals surface area contributed by atoms with Gasteiger partial charge >= 0.3 is 0 Å². The average Bonchev–Trinajstić information content (AvgIpc) is 2.17. The maximum absolute atomic E-state index is 13.3. The first-order chi connectivity index (χ1) is 6.98. The van der Waals surface area contributed by atoms with Crippen LogP contribution in [-0.2, 0) is 6.42 Å². The molecule has 1 aromatic carbocycles. The predicted molar refractivity (Wildman–Crippen MR) is 56.3 cm³/mol. The molecule has 3 N–H and O–H groups in total. The quantitative estimate of drug-likeness (QED) is 0.787. The van der Waals surface area contributed by atoms with E-state index < -0.39 is 11.4 Å². The summed E-state index contributed by atoms with van der Waals surface area (Å²) in [6, 6.07) is 4.67. The molecule has 0 aromatic heterocycles. The number of nitrogens with two attached hydrogens (primary N) is 1. The van der Waals surface area contributed by atoms with Crippen molar-refractivity contribution in [1.82, 2.24) is 0 Å². The van der Waals surface area contributed by atoms with Crippen LogP contribution < -0.4 is 10.5 Å². The van der Waals surface area contributed by atoms with Gasteiger partial charge in [0, 0.05) is 5.54 Å². The molecule has 0 aliphatic rings. The lowest BCUT2D eigenvalue weighted by Gasteiger charge is -2.21. The summed E-state index contributed by atoms with van der Waals surface area (Å²) in [6.07, 6.45) is 0.421. The molecule has 4 heteroatoms. The molecule has 15 heavy (non-hydrogen) atoms. The van der Waals surface area contributed by atoms with Gasteiger partial charge in [-0.3, -0.25) is 0 Å². The first kappa shape index (κ1) is 11.9. The van der Waals surface area contributed by atoms with Crippen LogP contribution in [0.5, 0.6) is 5.75 Å². The fourth-order valence-electron chi connectivity index (χ4n) is 1.34. The molecule has 0 saturated heterocycles. The zero-order valence-corrected chi connectivity index (χ0v) is 8.96. The van der Waals surface area contributed by atoms with Gasteiger partial charge in [0.2, 0.25) is 0 Å². The molecular formula is C11H16FNO2. The Hall–Kier alpha value is -1.13. The highest BCUT2D eigenvalue weighted by atomic mass is 19.1. The highest BCUT2D eigenvalue weighted by Crippen LogP contribution is 2.19. The lowest BCUT2D eigenvalue weighted by Crippen LogP contribution is -2.42.